The smallest absolute Gasteiger partial charge is 0.217 e. The van der Waals surface area contributed by atoms with Gasteiger partial charge in [0.2, 0.25) is 5.91 Å². The lowest BCUT2D eigenvalue weighted by molar-refractivity contribution is -0.119. The zero-order valence-electron chi connectivity index (χ0n) is 11.4. The predicted octanol–water partition coefficient (Wildman–Crippen LogP) is 2.55. The summed E-state index contributed by atoms with van der Waals surface area (Å²) in [6, 6.07) is 9.84. The van der Waals surface area contributed by atoms with Gasteiger partial charge in [-0.2, -0.15) is 5.26 Å². The van der Waals surface area contributed by atoms with Crippen LogP contribution in [0.25, 0.3) is 0 Å². The summed E-state index contributed by atoms with van der Waals surface area (Å²) in [6.07, 6.45) is 0.542. The monoisotopic (exact) mass is 244 g/mol. The Hall–Kier alpha value is -1.82. The fourth-order valence-electron chi connectivity index (χ4n) is 1.75. The van der Waals surface area contributed by atoms with Crippen LogP contribution in [0.4, 0.5) is 0 Å². The van der Waals surface area contributed by atoms with E-state index in [0.717, 1.165) is 5.56 Å². The van der Waals surface area contributed by atoms with Crippen LogP contribution in [0.5, 0.6) is 0 Å². The van der Waals surface area contributed by atoms with Gasteiger partial charge >= 0.3 is 0 Å². The number of nitrogens with zero attached hydrogens (tertiary/aromatic N) is 1. The fraction of sp³-hybridized carbons (Fsp3) is 0.467. The molecule has 0 fully saturated rings. The molecule has 1 amide bonds. The zero-order valence-corrected chi connectivity index (χ0v) is 11.4. The summed E-state index contributed by atoms with van der Waals surface area (Å²) >= 11 is 0. The molecule has 0 spiro atoms. The minimum absolute atomic E-state index is 0.130. The van der Waals surface area contributed by atoms with Gasteiger partial charge in [-0.05, 0) is 16.5 Å². The maximum Gasteiger partial charge on any atom is 0.217 e. The summed E-state index contributed by atoms with van der Waals surface area (Å²) < 4.78 is 0. The molecule has 0 aliphatic rings. The number of carbonyl (C=O) groups excluding carboxylic acids is 1. The van der Waals surface area contributed by atoms with Crippen molar-refractivity contribution in [2.45, 2.75) is 45.6 Å². The SMILES string of the molecule is CC(=O)N[C@H](C#N)Cc1ccc(C(C)(C)C)cc1. The number of hydrogen-bond donors (Lipinski definition) is 1. The van der Waals surface area contributed by atoms with Crippen LogP contribution in [0.3, 0.4) is 0 Å². The lowest BCUT2D eigenvalue weighted by Crippen LogP contribution is -2.33. The van der Waals surface area contributed by atoms with Crippen molar-refractivity contribution in [3.05, 3.63) is 35.4 Å². The van der Waals surface area contributed by atoms with Crippen molar-refractivity contribution in [1.82, 2.24) is 5.32 Å². The van der Waals surface area contributed by atoms with E-state index in [0.29, 0.717) is 6.42 Å². The average Bonchev–Trinajstić information content (AvgIpc) is 2.27. The summed E-state index contributed by atoms with van der Waals surface area (Å²) in [5.41, 5.74) is 2.45. The summed E-state index contributed by atoms with van der Waals surface area (Å²) in [5.74, 6) is -0.173. The summed E-state index contributed by atoms with van der Waals surface area (Å²) in [7, 11) is 0. The Morgan fingerprint density at radius 2 is 1.89 bits per heavy atom. The minimum Gasteiger partial charge on any atom is -0.340 e. The highest BCUT2D eigenvalue weighted by Gasteiger charge is 2.14. The molecule has 1 rings (SSSR count). The number of carbonyl (C=O) groups is 1. The normalized spacial score (nSPS) is 12.6. The van der Waals surface area contributed by atoms with Crippen molar-refractivity contribution in [3.63, 3.8) is 0 Å². The van der Waals surface area contributed by atoms with Crippen LogP contribution in [0.2, 0.25) is 0 Å². The molecule has 1 atom stereocenters. The van der Waals surface area contributed by atoms with Crippen LogP contribution in [0.15, 0.2) is 24.3 Å². The Morgan fingerprint density at radius 1 is 1.33 bits per heavy atom. The Morgan fingerprint density at radius 3 is 2.28 bits per heavy atom. The molecule has 0 bridgehead atoms. The second-order valence-corrected chi connectivity index (χ2v) is 5.53. The Balaban J connectivity index is 2.75. The van der Waals surface area contributed by atoms with Crippen LogP contribution in [-0.4, -0.2) is 11.9 Å². The Bertz CT molecular complexity index is 449. The third-order valence-corrected chi connectivity index (χ3v) is 2.79. The first-order valence-electron chi connectivity index (χ1n) is 6.09. The molecular weight excluding hydrogens is 224 g/mol. The number of benzene rings is 1. The van der Waals surface area contributed by atoms with Crippen LogP contribution >= 0.6 is 0 Å². The third kappa shape index (κ3) is 4.21. The molecule has 0 heterocycles. The van der Waals surface area contributed by atoms with E-state index in [2.05, 4.69) is 44.3 Å². The van der Waals surface area contributed by atoms with Gasteiger partial charge in [0.05, 0.1) is 6.07 Å². The van der Waals surface area contributed by atoms with Crippen molar-refractivity contribution >= 4 is 5.91 Å². The second kappa shape index (κ2) is 5.68. The van der Waals surface area contributed by atoms with E-state index in [4.69, 9.17) is 5.26 Å². The van der Waals surface area contributed by atoms with Crippen LogP contribution in [0, 0.1) is 11.3 Å². The molecule has 0 aromatic heterocycles. The van der Waals surface area contributed by atoms with Crippen molar-refractivity contribution in [2.75, 3.05) is 0 Å². The van der Waals surface area contributed by atoms with Gasteiger partial charge in [0.15, 0.2) is 0 Å². The lowest BCUT2D eigenvalue weighted by atomic mass is 9.86. The number of amides is 1. The van der Waals surface area contributed by atoms with Crippen LogP contribution in [0.1, 0.15) is 38.8 Å². The first-order valence-corrected chi connectivity index (χ1v) is 6.09. The van der Waals surface area contributed by atoms with Gasteiger partial charge < -0.3 is 5.32 Å². The van der Waals surface area contributed by atoms with Gasteiger partial charge in [0.1, 0.15) is 6.04 Å². The van der Waals surface area contributed by atoms with Gasteiger partial charge in [0.25, 0.3) is 0 Å². The molecule has 0 saturated heterocycles. The number of nitriles is 1. The van der Waals surface area contributed by atoms with Crippen molar-refractivity contribution < 1.29 is 4.79 Å². The number of nitrogens with one attached hydrogen (secondary N) is 1. The Kier molecular flexibility index (Phi) is 4.49. The van der Waals surface area contributed by atoms with Crippen molar-refractivity contribution in [3.8, 4) is 6.07 Å². The molecule has 0 radical (unpaired) electrons. The fourth-order valence-corrected chi connectivity index (χ4v) is 1.75. The molecule has 0 unspecified atom stereocenters. The van der Waals surface area contributed by atoms with Crippen LogP contribution in [-0.2, 0) is 16.6 Å². The minimum atomic E-state index is -0.456. The van der Waals surface area contributed by atoms with Gasteiger partial charge in [-0.25, -0.2) is 0 Å². The molecule has 3 heteroatoms. The molecule has 18 heavy (non-hydrogen) atoms. The first-order chi connectivity index (χ1) is 8.32. The van der Waals surface area contributed by atoms with E-state index in [1.165, 1.54) is 12.5 Å². The Labute approximate surface area is 109 Å². The van der Waals surface area contributed by atoms with Crippen molar-refractivity contribution in [2.24, 2.45) is 0 Å². The molecule has 3 nitrogen and oxygen atoms in total. The molecule has 0 saturated carbocycles. The number of rotatable bonds is 3. The average molecular weight is 244 g/mol. The highest BCUT2D eigenvalue weighted by molar-refractivity contribution is 5.73. The van der Waals surface area contributed by atoms with E-state index >= 15 is 0 Å². The van der Waals surface area contributed by atoms with E-state index in [1.54, 1.807) is 0 Å². The van der Waals surface area contributed by atoms with E-state index in [9.17, 15) is 4.79 Å². The van der Waals surface area contributed by atoms with E-state index in [1.807, 2.05) is 12.1 Å². The molecular formula is C15H20N2O. The van der Waals surface area contributed by atoms with Gasteiger partial charge in [-0.1, -0.05) is 45.0 Å². The van der Waals surface area contributed by atoms with E-state index in [-0.39, 0.29) is 11.3 Å². The number of hydrogen-bond acceptors (Lipinski definition) is 2. The summed E-state index contributed by atoms with van der Waals surface area (Å²) in [4.78, 5) is 10.9. The van der Waals surface area contributed by atoms with Gasteiger partial charge in [0, 0.05) is 13.3 Å². The standard InChI is InChI=1S/C15H20N2O/c1-11(18)17-14(10-16)9-12-5-7-13(8-6-12)15(2,3)4/h5-8,14H,9H2,1-4H3,(H,17,18)/t14-/m0/s1. The third-order valence-electron chi connectivity index (χ3n) is 2.79. The largest absolute Gasteiger partial charge is 0.340 e. The summed E-state index contributed by atoms with van der Waals surface area (Å²) in [5, 5.41) is 11.6. The molecule has 0 aliphatic carbocycles. The highest BCUT2D eigenvalue weighted by Crippen LogP contribution is 2.22. The van der Waals surface area contributed by atoms with Gasteiger partial charge in [-0.15, -0.1) is 0 Å². The molecule has 1 N–H and O–H groups in total. The zero-order chi connectivity index (χ0) is 13.8. The maximum absolute atomic E-state index is 10.9. The van der Waals surface area contributed by atoms with Crippen LogP contribution < -0.4 is 5.32 Å². The molecule has 1 aromatic rings. The molecule has 96 valence electrons. The topological polar surface area (TPSA) is 52.9 Å². The van der Waals surface area contributed by atoms with Crippen molar-refractivity contribution in [1.29, 1.82) is 5.26 Å². The summed E-state index contributed by atoms with van der Waals surface area (Å²) in [6.45, 7) is 7.92. The second-order valence-electron chi connectivity index (χ2n) is 5.53. The van der Waals surface area contributed by atoms with E-state index < -0.39 is 6.04 Å². The highest BCUT2D eigenvalue weighted by atomic mass is 16.1. The lowest BCUT2D eigenvalue weighted by Gasteiger charge is -2.19. The molecule has 0 aliphatic heterocycles. The molecule has 1 aromatic carbocycles. The maximum atomic E-state index is 10.9. The predicted molar refractivity (Wildman–Crippen MR) is 72.1 cm³/mol. The first kappa shape index (κ1) is 14.2. The quantitative estimate of drug-likeness (QED) is 0.888. The van der Waals surface area contributed by atoms with Gasteiger partial charge in [-0.3, -0.25) is 4.79 Å².